The molecular weight excluding hydrogens is 374 g/mol. The molecule has 8 heteroatoms. The van der Waals surface area contributed by atoms with Crippen molar-refractivity contribution in [2.45, 2.75) is 11.8 Å². The van der Waals surface area contributed by atoms with Crippen molar-refractivity contribution in [2.75, 3.05) is 11.4 Å². The van der Waals surface area contributed by atoms with Crippen molar-refractivity contribution in [3.8, 4) is 17.5 Å². The van der Waals surface area contributed by atoms with Gasteiger partial charge in [0.2, 0.25) is 17.5 Å². The van der Waals surface area contributed by atoms with Gasteiger partial charge in [-0.15, -0.1) is 0 Å². The average molecular weight is 388 g/mol. The molecule has 0 aliphatic carbocycles. The van der Waals surface area contributed by atoms with Crippen LogP contribution in [-0.2, 0) is 10.0 Å². The van der Waals surface area contributed by atoms with Crippen LogP contribution in [0.5, 0.6) is 0 Å². The molecule has 0 N–H and O–H groups in total. The smallest absolute Gasteiger partial charge is 0.266 e. The summed E-state index contributed by atoms with van der Waals surface area (Å²) in [6, 6.07) is 15.4. The van der Waals surface area contributed by atoms with Crippen molar-refractivity contribution in [1.29, 1.82) is 5.26 Å². The van der Waals surface area contributed by atoms with Gasteiger partial charge in [0.15, 0.2) is 0 Å². The van der Waals surface area contributed by atoms with Crippen LogP contribution in [0.1, 0.15) is 11.3 Å². The van der Waals surface area contributed by atoms with E-state index in [0.29, 0.717) is 16.1 Å². The summed E-state index contributed by atoms with van der Waals surface area (Å²) in [7, 11) is -2.67. The fraction of sp³-hybridized carbons (Fsp3) is 0.111. The fourth-order valence-electron chi connectivity index (χ4n) is 2.43. The van der Waals surface area contributed by atoms with Gasteiger partial charge in [-0.05, 0) is 36.8 Å². The molecule has 0 saturated carbocycles. The molecule has 0 aliphatic rings. The molecule has 0 aliphatic heterocycles. The number of nitrogens with zero attached hydrogens (tertiary/aromatic N) is 3. The van der Waals surface area contributed by atoms with Crippen LogP contribution in [-0.4, -0.2) is 20.4 Å². The summed E-state index contributed by atoms with van der Waals surface area (Å²) in [6.07, 6.45) is 0. The molecule has 0 fully saturated rings. The molecule has 132 valence electrons. The second-order valence-corrected chi connectivity index (χ2v) is 7.83. The summed E-state index contributed by atoms with van der Waals surface area (Å²) >= 11 is 6.04. The van der Waals surface area contributed by atoms with Crippen molar-refractivity contribution >= 4 is 27.5 Å². The monoisotopic (exact) mass is 387 g/mol. The van der Waals surface area contributed by atoms with E-state index in [0.717, 1.165) is 4.31 Å². The van der Waals surface area contributed by atoms with E-state index < -0.39 is 10.0 Å². The zero-order valence-corrected chi connectivity index (χ0v) is 15.5. The first-order chi connectivity index (χ1) is 12.4. The Morgan fingerprint density at radius 3 is 2.50 bits per heavy atom. The number of halogens is 1. The Morgan fingerprint density at radius 1 is 1.15 bits per heavy atom. The number of hydrogen-bond donors (Lipinski definition) is 0. The van der Waals surface area contributed by atoms with E-state index in [1.807, 2.05) is 12.1 Å². The molecule has 3 aromatic rings. The lowest BCUT2D eigenvalue weighted by Gasteiger charge is -2.18. The minimum Gasteiger partial charge on any atom is -0.418 e. The summed E-state index contributed by atoms with van der Waals surface area (Å²) in [5, 5.41) is 9.68. The maximum Gasteiger partial charge on any atom is 0.266 e. The van der Waals surface area contributed by atoms with Crippen molar-refractivity contribution in [3.63, 3.8) is 0 Å². The van der Waals surface area contributed by atoms with E-state index in [2.05, 4.69) is 4.98 Å². The largest absolute Gasteiger partial charge is 0.418 e. The number of hydrogen-bond acceptors (Lipinski definition) is 5. The number of oxazole rings is 1. The molecule has 0 bridgehead atoms. The zero-order chi connectivity index (χ0) is 18.9. The van der Waals surface area contributed by atoms with Gasteiger partial charge in [-0.25, -0.2) is 12.7 Å². The maximum atomic E-state index is 13.0. The summed E-state index contributed by atoms with van der Waals surface area (Å²) in [5.41, 5.74) is 0.942. The van der Waals surface area contributed by atoms with E-state index in [1.54, 1.807) is 43.3 Å². The second-order valence-electron chi connectivity index (χ2n) is 5.49. The second kappa shape index (κ2) is 6.83. The van der Waals surface area contributed by atoms with E-state index in [-0.39, 0.29) is 22.4 Å². The Morgan fingerprint density at radius 2 is 1.85 bits per heavy atom. The molecule has 0 saturated heterocycles. The van der Waals surface area contributed by atoms with Crippen LogP contribution in [0.4, 0.5) is 5.88 Å². The van der Waals surface area contributed by atoms with Gasteiger partial charge in [0.05, 0.1) is 4.90 Å². The first-order valence-corrected chi connectivity index (χ1v) is 9.38. The standard InChI is InChI=1S/C18H14ClN3O3S/c1-12-14(19)9-6-10-16(12)26(23,24)22(2)18-15(11-20)21-17(25-18)13-7-4-3-5-8-13/h3-10H,1-2H3. The van der Waals surface area contributed by atoms with Gasteiger partial charge < -0.3 is 4.42 Å². The molecule has 0 unspecified atom stereocenters. The highest BCUT2D eigenvalue weighted by molar-refractivity contribution is 7.92. The quantitative estimate of drug-likeness (QED) is 0.675. The number of nitriles is 1. The molecule has 0 amide bonds. The maximum absolute atomic E-state index is 13.0. The van der Waals surface area contributed by atoms with E-state index in [1.165, 1.54) is 13.1 Å². The third kappa shape index (κ3) is 3.05. The van der Waals surface area contributed by atoms with Gasteiger partial charge >= 0.3 is 0 Å². The van der Waals surface area contributed by atoms with Crippen LogP contribution < -0.4 is 4.31 Å². The molecule has 2 aromatic carbocycles. The van der Waals surface area contributed by atoms with Gasteiger partial charge in [0, 0.05) is 17.6 Å². The predicted octanol–water partition coefficient (Wildman–Crippen LogP) is 4.00. The lowest BCUT2D eigenvalue weighted by Crippen LogP contribution is -2.27. The van der Waals surface area contributed by atoms with Gasteiger partial charge in [-0.2, -0.15) is 10.2 Å². The van der Waals surface area contributed by atoms with E-state index in [9.17, 15) is 13.7 Å². The van der Waals surface area contributed by atoms with Crippen molar-refractivity contribution < 1.29 is 12.8 Å². The van der Waals surface area contributed by atoms with Gasteiger partial charge in [-0.3, -0.25) is 0 Å². The van der Waals surface area contributed by atoms with Crippen LogP contribution in [0.2, 0.25) is 5.02 Å². The summed E-state index contributed by atoms with van der Waals surface area (Å²) < 4.78 is 32.5. The molecule has 0 spiro atoms. The van der Waals surface area contributed by atoms with E-state index in [4.69, 9.17) is 16.0 Å². The minimum atomic E-state index is -3.98. The van der Waals surface area contributed by atoms with Gasteiger partial charge in [0.25, 0.3) is 10.0 Å². The molecule has 6 nitrogen and oxygen atoms in total. The van der Waals surface area contributed by atoms with Crippen LogP contribution in [0.15, 0.2) is 57.8 Å². The lowest BCUT2D eigenvalue weighted by atomic mass is 10.2. The van der Waals surface area contributed by atoms with Crippen LogP contribution >= 0.6 is 11.6 Å². The number of rotatable bonds is 4. The van der Waals surface area contributed by atoms with Crippen LogP contribution in [0.3, 0.4) is 0 Å². The third-order valence-corrected chi connectivity index (χ3v) is 6.17. The molecule has 0 radical (unpaired) electrons. The minimum absolute atomic E-state index is 0.0362. The van der Waals surface area contributed by atoms with Gasteiger partial charge in [0.1, 0.15) is 6.07 Å². The molecule has 26 heavy (non-hydrogen) atoms. The topological polar surface area (TPSA) is 87.2 Å². The van der Waals surface area contributed by atoms with Gasteiger partial charge in [-0.1, -0.05) is 35.9 Å². The molecule has 1 aromatic heterocycles. The third-order valence-electron chi connectivity index (χ3n) is 3.88. The molecular formula is C18H14ClN3O3S. The first-order valence-electron chi connectivity index (χ1n) is 7.56. The molecule has 1 heterocycles. The zero-order valence-electron chi connectivity index (χ0n) is 14.0. The highest BCUT2D eigenvalue weighted by atomic mass is 35.5. The highest BCUT2D eigenvalue weighted by Crippen LogP contribution is 2.32. The van der Waals surface area contributed by atoms with Crippen molar-refractivity contribution in [1.82, 2.24) is 4.98 Å². The number of sulfonamides is 1. The number of aromatic nitrogens is 1. The summed E-state index contributed by atoms with van der Waals surface area (Å²) in [6.45, 7) is 1.62. The van der Waals surface area contributed by atoms with E-state index >= 15 is 0 Å². The average Bonchev–Trinajstić information content (AvgIpc) is 3.08. The molecule has 3 rings (SSSR count). The SMILES string of the molecule is Cc1c(Cl)cccc1S(=O)(=O)N(C)c1oc(-c2ccccc2)nc1C#N. The number of anilines is 1. The summed E-state index contributed by atoms with van der Waals surface area (Å²) in [5.74, 6) is 0.0211. The van der Waals surface area contributed by atoms with Crippen LogP contribution in [0, 0.1) is 18.3 Å². The Labute approximate surface area is 156 Å². The molecule has 0 atom stereocenters. The van der Waals surface area contributed by atoms with Crippen LogP contribution in [0.25, 0.3) is 11.5 Å². The summed E-state index contributed by atoms with van der Waals surface area (Å²) in [4.78, 5) is 4.14. The van der Waals surface area contributed by atoms with Crippen molar-refractivity contribution in [3.05, 3.63) is 64.8 Å². The normalized spacial score (nSPS) is 11.2. The first kappa shape index (κ1) is 18.0. The Bertz CT molecular complexity index is 1100. The predicted molar refractivity (Wildman–Crippen MR) is 98.4 cm³/mol. The van der Waals surface area contributed by atoms with Crippen molar-refractivity contribution in [2.24, 2.45) is 0 Å². The Hall–Kier alpha value is -2.82. The Kier molecular flexibility index (Phi) is 4.72. The Balaban J connectivity index is 2.10. The fourth-order valence-corrected chi connectivity index (χ4v) is 4.04. The lowest BCUT2D eigenvalue weighted by molar-refractivity contribution is 0.563. The highest BCUT2D eigenvalue weighted by Gasteiger charge is 2.29. The number of benzene rings is 2.